The van der Waals surface area contributed by atoms with Gasteiger partial charge in [0.25, 0.3) is 0 Å². The number of aromatic amines is 1. The zero-order valence-electron chi connectivity index (χ0n) is 18.2. The summed E-state index contributed by atoms with van der Waals surface area (Å²) in [7, 11) is 3.10. The molecule has 0 bridgehead atoms. The molecule has 4 aromatic rings. The summed E-state index contributed by atoms with van der Waals surface area (Å²) in [5, 5.41) is 13.3. The standard InChI is InChI=1S/C22H21FN6O4/c1-12-4-5-13(10-16(12)23)20-25-19(33-29-20)9-8-18(30)24-22-26-21(27-28-22)15-7-6-14(31-2)11-17(15)32-3/h4-7,10-11H,8-9H2,1-3H3,(H2,24,26,27,28,30). The molecule has 2 heterocycles. The quantitative estimate of drug-likeness (QED) is 0.415. The normalized spacial score (nSPS) is 10.8. The first-order chi connectivity index (χ1) is 16.0. The molecule has 0 unspecified atom stereocenters. The highest BCUT2D eigenvalue weighted by Crippen LogP contribution is 2.31. The Morgan fingerprint density at radius 3 is 2.76 bits per heavy atom. The number of nitrogens with zero attached hydrogens (tertiary/aromatic N) is 4. The van der Waals surface area contributed by atoms with Crippen LogP contribution in [0.25, 0.3) is 22.8 Å². The maximum absolute atomic E-state index is 13.8. The average Bonchev–Trinajstić information content (AvgIpc) is 3.49. The number of methoxy groups -OCH3 is 2. The lowest BCUT2D eigenvalue weighted by Crippen LogP contribution is -2.13. The molecular formula is C22H21FN6O4. The lowest BCUT2D eigenvalue weighted by atomic mass is 10.1. The van der Waals surface area contributed by atoms with Crippen LogP contribution < -0.4 is 14.8 Å². The highest BCUT2D eigenvalue weighted by Gasteiger charge is 2.15. The number of hydrogen-bond donors (Lipinski definition) is 2. The van der Waals surface area contributed by atoms with Gasteiger partial charge in [-0.2, -0.15) is 9.97 Å². The van der Waals surface area contributed by atoms with Gasteiger partial charge >= 0.3 is 0 Å². The first kappa shape index (κ1) is 21.9. The largest absolute Gasteiger partial charge is 0.497 e. The lowest BCUT2D eigenvalue weighted by molar-refractivity contribution is -0.116. The maximum Gasteiger partial charge on any atom is 0.249 e. The van der Waals surface area contributed by atoms with Gasteiger partial charge in [0.05, 0.1) is 19.8 Å². The Hall–Kier alpha value is -4.28. The third-order valence-electron chi connectivity index (χ3n) is 4.86. The third-order valence-corrected chi connectivity index (χ3v) is 4.86. The van der Waals surface area contributed by atoms with E-state index in [1.807, 2.05) is 0 Å². The van der Waals surface area contributed by atoms with E-state index in [4.69, 9.17) is 14.0 Å². The number of anilines is 1. The highest BCUT2D eigenvalue weighted by molar-refractivity contribution is 5.89. The maximum atomic E-state index is 13.8. The number of carbonyl (C=O) groups is 1. The van der Waals surface area contributed by atoms with Crippen LogP contribution in [0, 0.1) is 12.7 Å². The van der Waals surface area contributed by atoms with Gasteiger partial charge in [0.1, 0.15) is 17.3 Å². The van der Waals surface area contributed by atoms with E-state index in [9.17, 15) is 9.18 Å². The number of rotatable bonds is 8. The summed E-state index contributed by atoms with van der Waals surface area (Å²) in [5.41, 5.74) is 1.69. The molecule has 2 aromatic carbocycles. The van der Waals surface area contributed by atoms with E-state index in [0.29, 0.717) is 34.0 Å². The van der Waals surface area contributed by atoms with Crippen molar-refractivity contribution >= 4 is 11.9 Å². The number of halogens is 1. The van der Waals surface area contributed by atoms with Crippen molar-refractivity contribution in [2.24, 2.45) is 0 Å². The number of amides is 1. The van der Waals surface area contributed by atoms with Gasteiger partial charge in [0.2, 0.25) is 23.6 Å². The van der Waals surface area contributed by atoms with E-state index in [2.05, 4.69) is 30.6 Å². The first-order valence-electron chi connectivity index (χ1n) is 10.0. The Kier molecular flexibility index (Phi) is 6.29. The van der Waals surface area contributed by atoms with Crippen LogP contribution in [-0.2, 0) is 11.2 Å². The number of carbonyl (C=O) groups excluding carboxylic acids is 1. The minimum atomic E-state index is -0.351. The minimum absolute atomic E-state index is 0.0691. The molecule has 11 heteroatoms. The fourth-order valence-electron chi connectivity index (χ4n) is 3.05. The molecule has 0 aliphatic heterocycles. The molecule has 0 atom stereocenters. The van der Waals surface area contributed by atoms with Crippen molar-refractivity contribution in [3.63, 3.8) is 0 Å². The van der Waals surface area contributed by atoms with Gasteiger partial charge in [0, 0.05) is 24.5 Å². The summed E-state index contributed by atoms with van der Waals surface area (Å²) >= 11 is 0. The summed E-state index contributed by atoms with van der Waals surface area (Å²) in [4.78, 5) is 20.8. The van der Waals surface area contributed by atoms with Crippen LogP contribution in [0.1, 0.15) is 17.9 Å². The minimum Gasteiger partial charge on any atom is -0.497 e. The van der Waals surface area contributed by atoms with Gasteiger partial charge in [-0.3, -0.25) is 15.2 Å². The molecule has 10 nitrogen and oxygen atoms in total. The molecule has 4 rings (SSSR count). The third kappa shape index (κ3) is 4.97. The van der Waals surface area contributed by atoms with Crippen molar-refractivity contribution in [3.05, 3.63) is 53.7 Å². The van der Waals surface area contributed by atoms with Crippen molar-refractivity contribution in [2.75, 3.05) is 19.5 Å². The van der Waals surface area contributed by atoms with Gasteiger partial charge in [0.15, 0.2) is 5.82 Å². The fraction of sp³-hybridized carbons (Fsp3) is 0.227. The zero-order chi connectivity index (χ0) is 23.4. The molecule has 0 spiro atoms. The van der Waals surface area contributed by atoms with Crippen molar-refractivity contribution < 1.29 is 23.2 Å². The second kappa shape index (κ2) is 9.47. The van der Waals surface area contributed by atoms with E-state index in [-0.39, 0.29) is 42.2 Å². The van der Waals surface area contributed by atoms with Gasteiger partial charge < -0.3 is 14.0 Å². The Bertz CT molecular complexity index is 1290. The van der Waals surface area contributed by atoms with Crippen molar-refractivity contribution in [1.29, 1.82) is 0 Å². The summed E-state index contributed by atoms with van der Waals surface area (Å²) in [6.07, 6.45) is 0.274. The van der Waals surface area contributed by atoms with Crippen LogP contribution in [-0.4, -0.2) is 45.4 Å². The molecule has 170 valence electrons. The molecule has 2 aromatic heterocycles. The number of benzene rings is 2. The summed E-state index contributed by atoms with van der Waals surface area (Å²) in [5.74, 6) is 1.58. The monoisotopic (exact) mass is 452 g/mol. The summed E-state index contributed by atoms with van der Waals surface area (Å²) in [6, 6.07) is 9.95. The Balaban J connectivity index is 1.36. The lowest BCUT2D eigenvalue weighted by Gasteiger charge is -2.07. The van der Waals surface area contributed by atoms with Crippen LogP contribution in [0.4, 0.5) is 10.3 Å². The van der Waals surface area contributed by atoms with Crippen LogP contribution in [0.5, 0.6) is 11.5 Å². The smallest absolute Gasteiger partial charge is 0.249 e. The topological polar surface area (TPSA) is 128 Å². The van der Waals surface area contributed by atoms with Crippen molar-refractivity contribution in [1.82, 2.24) is 25.3 Å². The van der Waals surface area contributed by atoms with E-state index < -0.39 is 0 Å². The van der Waals surface area contributed by atoms with Crippen LogP contribution >= 0.6 is 0 Å². The number of aryl methyl sites for hydroxylation is 2. The first-order valence-corrected chi connectivity index (χ1v) is 10.0. The van der Waals surface area contributed by atoms with E-state index in [0.717, 1.165) is 0 Å². The Morgan fingerprint density at radius 2 is 2.00 bits per heavy atom. The van der Waals surface area contributed by atoms with Crippen LogP contribution in [0.2, 0.25) is 0 Å². The number of nitrogens with one attached hydrogen (secondary N) is 2. The molecule has 0 aliphatic carbocycles. The second-order valence-corrected chi connectivity index (χ2v) is 7.10. The van der Waals surface area contributed by atoms with E-state index >= 15 is 0 Å². The fourth-order valence-corrected chi connectivity index (χ4v) is 3.05. The predicted octanol–water partition coefficient (Wildman–Crippen LogP) is 3.56. The molecule has 1 amide bonds. The van der Waals surface area contributed by atoms with Gasteiger partial charge in [-0.25, -0.2) is 4.39 Å². The van der Waals surface area contributed by atoms with Crippen LogP contribution in [0.15, 0.2) is 40.9 Å². The average molecular weight is 452 g/mol. The zero-order valence-corrected chi connectivity index (χ0v) is 18.2. The SMILES string of the molecule is COc1ccc(-c2nc(NC(=O)CCc3nc(-c4ccc(C)c(F)c4)no3)n[nH]2)c(OC)c1. The summed E-state index contributed by atoms with van der Waals surface area (Å²) < 4.78 is 29.5. The van der Waals surface area contributed by atoms with Crippen LogP contribution in [0.3, 0.4) is 0 Å². The van der Waals surface area contributed by atoms with E-state index in [1.54, 1.807) is 44.4 Å². The second-order valence-electron chi connectivity index (χ2n) is 7.10. The number of H-pyrrole nitrogens is 1. The molecular weight excluding hydrogens is 431 g/mol. The molecule has 0 saturated carbocycles. The van der Waals surface area contributed by atoms with Crippen molar-refractivity contribution in [2.45, 2.75) is 19.8 Å². The number of hydrogen-bond acceptors (Lipinski definition) is 8. The molecule has 0 aliphatic rings. The highest BCUT2D eigenvalue weighted by atomic mass is 19.1. The molecule has 0 saturated heterocycles. The Labute approximate surface area is 188 Å². The molecule has 0 fully saturated rings. The number of aromatic nitrogens is 5. The van der Waals surface area contributed by atoms with Gasteiger partial charge in [-0.15, -0.1) is 5.10 Å². The Morgan fingerprint density at radius 1 is 1.15 bits per heavy atom. The van der Waals surface area contributed by atoms with Gasteiger partial charge in [-0.1, -0.05) is 17.3 Å². The predicted molar refractivity (Wildman–Crippen MR) is 116 cm³/mol. The molecule has 0 radical (unpaired) electrons. The molecule has 33 heavy (non-hydrogen) atoms. The summed E-state index contributed by atoms with van der Waals surface area (Å²) in [6.45, 7) is 1.67. The van der Waals surface area contributed by atoms with Crippen molar-refractivity contribution in [3.8, 4) is 34.3 Å². The molecule has 2 N–H and O–H groups in total. The van der Waals surface area contributed by atoms with Gasteiger partial charge in [-0.05, 0) is 30.7 Å². The number of ether oxygens (including phenoxy) is 2. The van der Waals surface area contributed by atoms with E-state index in [1.165, 1.54) is 13.2 Å².